The van der Waals surface area contributed by atoms with Crippen molar-refractivity contribution in [3.05, 3.63) is 83.4 Å². The largest absolute Gasteiger partial charge is 0.360 e. The van der Waals surface area contributed by atoms with Crippen molar-refractivity contribution in [3.63, 3.8) is 0 Å². The van der Waals surface area contributed by atoms with E-state index in [9.17, 15) is 5.26 Å². The lowest BCUT2D eigenvalue weighted by molar-refractivity contribution is 1.36. The van der Waals surface area contributed by atoms with Crippen LogP contribution in [0.5, 0.6) is 0 Å². The number of anilines is 1. The van der Waals surface area contributed by atoms with Crippen LogP contribution in [0.25, 0.3) is 27.7 Å². The van der Waals surface area contributed by atoms with Crippen molar-refractivity contribution in [1.29, 1.82) is 5.26 Å². The van der Waals surface area contributed by atoms with Crippen LogP contribution in [0, 0.1) is 11.3 Å². The average molecular weight is 354 g/mol. The van der Waals surface area contributed by atoms with E-state index < -0.39 is 0 Å². The molecule has 0 unspecified atom stereocenters. The van der Waals surface area contributed by atoms with Crippen LogP contribution < -0.4 is 5.32 Å². The summed E-state index contributed by atoms with van der Waals surface area (Å²) in [5.41, 5.74) is 4.27. The van der Waals surface area contributed by atoms with Crippen molar-refractivity contribution in [1.82, 2.24) is 9.97 Å². The number of rotatable bonds is 4. The third-order valence-corrected chi connectivity index (χ3v) is 4.79. The summed E-state index contributed by atoms with van der Waals surface area (Å²) in [6, 6.07) is 22.0. The number of hydrogen-bond donors (Lipinski definition) is 1. The third-order valence-electron chi connectivity index (χ3n) is 3.91. The molecule has 26 heavy (non-hydrogen) atoms. The summed E-state index contributed by atoms with van der Waals surface area (Å²) >= 11 is 1.46. The summed E-state index contributed by atoms with van der Waals surface area (Å²) < 4.78 is 0. The molecule has 0 aliphatic carbocycles. The number of pyridine rings is 1. The Kier molecular flexibility index (Phi) is 4.42. The quantitative estimate of drug-likeness (QED) is 0.503. The van der Waals surface area contributed by atoms with Crippen molar-refractivity contribution >= 4 is 33.5 Å². The number of hydrogen-bond acceptors (Lipinski definition) is 5. The molecule has 0 fully saturated rings. The second-order valence-electron chi connectivity index (χ2n) is 5.63. The van der Waals surface area contributed by atoms with Crippen LogP contribution in [-0.4, -0.2) is 9.97 Å². The highest BCUT2D eigenvalue weighted by atomic mass is 32.1. The van der Waals surface area contributed by atoms with Crippen molar-refractivity contribution in [2.45, 2.75) is 0 Å². The van der Waals surface area contributed by atoms with E-state index >= 15 is 0 Å². The minimum atomic E-state index is 0.503. The van der Waals surface area contributed by atoms with Crippen LogP contribution in [0.15, 0.2) is 78.4 Å². The lowest BCUT2D eigenvalue weighted by Crippen LogP contribution is -1.91. The monoisotopic (exact) mass is 354 g/mol. The highest BCUT2D eigenvalue weighted by Crippen LogP contribution is 2.26. The lowest BCUT2D eigenvalue weighted by atomic mass is 10.2. The third kappa shape index (κ3) is 3.32. The molecule has 5 heteroatoms. The molecule has 0 amide bonds. The molecular weight excluding hydrogens is 340 g/mol. The van der Waals surface area contributed by atoms with Gasteiger partial charge in [0.2, 0.25) is 0 Å². The number of aromatic nitrogens is 2. The van der Waals surface area contributed by atoms with Crippen LogP contribution in [0.4, 0.5) is 5.69 Å². The van der Waals surface area contributed by atoms with Gasteiger partial charge in [0, 0.05) is 34.4 Å². The van der Waals surface area contributed by atoms with E-state index in [-0.39, 0.29) is 0 Å². The molecular formula is C21H14N4S. The molecule has 1 N–H and O–H groups in total. The van der Waals surface area contributed by atoms with Gasteiger partial charge in [-0.2, -0.15) is 5.26 Å². The molecule has 0 saturated heterocycles. The minimum absolute atomic E-state index is 0.503. The topological polar surface area (TPSA) is 61.6 Å². The fourth-order valence-corrected chi connectivity index (χ4v) is 3.40. The first-order valence-electron chi connectivity index (χ1n) is 8.06. The number of nitrogens with one attached hydrogen (secondary N) is 1. The Morgan fingerprint density at radius 2 is 1.96 bits per heavy atom. The first-order chi connectivity index (χ1) is 12.8. The van der Waals surface area contributed by atoms with E-state index in [4.69, 9.17) is 0 Å². The van der Waals surface area contributed by atoms with Crippen molar-refractivity contribution < 1.29 is 0 Å². The van der Waals surface area contributed by atoms with Gasteiger partial charge in [0.05, 0.1) is 11.2 Å². The Morgan fingerprint density at radius 1 is 1.08 bits per heavy atom. The maximum absolute atomic E-state index is 9.51. The molecule has 0 aliphatic rings. The van der Waals surface area contributed by atoms with Crippen molar-refractivity contribution in [3.8, 4) is 17.3 Å². The number of fused-ring (bicyclic) bond motifs is 1. The smallest absolute Gasteiger partial charge is 0.136 e. The fourth-order valence-electron chi connectivity index (χ4n) is 2.60. The summed E-state index contributed by atoms with van der Waals surface area (Å²) in [6.45, 7) is 0. The molecule has 124 valence electrons. The molecule has 4 aromatic rings. The van der Waals surface area contributed by atoms with Gasteiger partial charge in [-0.25, -0.2) is 4.98 Å². The normalized spacial score (nSPS) is 11.3. The van der Waals surface area contributed by atoms with Gasteiger partial charge in [0.15, 0.2) is 0 Å². The first-order valence-corrected chi connectivity index (χ1v) is 8.94. The summed E-state index contributed by atoms with van der Waals surface area (Å²) in [4.78, 5) is 8.90. The van der Waals surface area contributed by atoms with Crippen molar-refractivity contribution in [2.75, 3.05) is 5.32 Å². The predicted octanol–water partition coefficient (Wildman–Crippen LogP) is 5.33. The molecule has 4 rings (SSSR count). The molecule has 0 radical (unpaired) electrons. The molecule has 4 nitrogen and oxygen atoms in total. The van der Waals surface area contributed by atoms with E-state index in [1.54, 1.807) is 12.4 Å². The second kappa shape index (κ2) is 7.18. The predicted molar refractivity (Wildman–Crippen MR) is 107 cm³/mol. The SMILES string of the molecule is N#CC(=CNc1ccc2ncccc2c1)c1nc(-c2ccccc2)cs1. The van der Waals surface area contributed by atoms with E-state index in [0.717, 1.165) is 27.8 Å². The number of allylic oxidation sites excluding steroid dienone is 1. The summed E-state index contributed by atoms with van der Waals surface area (Å²) in [5.74, 6) is 0. The van der Waals surface area contributed by atoms with E-state index in [1.807, 2.05) is 66.0 Å². The van der Waals surface area contributed by atoms with Crippen LogP contribution in [-0.2, 0) is 0 Å². The number of thiazole rings is 1. The van der Waals surface area contributed by atoms with Gasteiger partial charge < -0.3 is 5.32 Å². The number of nitriles is 1. The standard InChI is InChI=1S/C21H14N4S/c22-12-17(21-25-20(14-26-21)15-5-2-1-3-6-15)13-24-18-8-9-19-16(11-18)7-4-10-23-19/h1-11,13-14,24H. The van der Waals surface area contributed by atoms with Crippen LogP contribution in [0.2, 0.25) is 0 Å². The maximum Gasteiger partial charge on any atom is 0.136 e. The number of nitrogens with zero attached hydrogens (tertiary/aromatic N) is 3. The molecule has 2 aromatic heterocycles. The van der Waals surface area contributed by atoms with Gasteiger partial charge in [-0.1, -0.05) is 36.4 Å². The number of benzene rings is 2. The second-order valence-corrected chi connectivity index (χ2v) is 6.49. The summed E-state index contributed by atoms with van der Waals surface area (Å²) in [6.07, 6.45) is 3.47. The minimum Gasteiger partial charge on any atom is -0.360 e. The van der Waals surface area contributed by atoms with Gasteiger partial charge in [-0.15, -0.1) is 11.3 Å². The molecule has 0 spiro atoms. The summed E-state index contributed by atoms with van der Waals surface area (Å²) in [7, 11) is 0. The van der Waals surface area contributed by atoms with Gasteiger partial charge in [-0.05, 0) is 24.3 Å². The zero-order valence-corrected chi connectivity index (χ0v) is 14.6. The van der Waals surface area contributed by atoms with Crippen LogP contribution in [0.3, 0.4) is 0 Å². The van der Waals surface area contributed by atoms with E-state index in [1.165, 1.54) is 11.3 Å². The Balaban J connectivity index is 1.58. The Bertz CT molecular complexity index is 1120. The average Bonchev–Trinajstić information content (AvgIpc) is 3.19. The fraction of sp³-hybridized carbons (Fsp3) is 0. The maximum atomic E-state index is 9.51. The molecule has 2 heterocycles. The zero-order chi connectivity index (χ0) is 17.8. The Hall–Kier alpha value is -3.49. The Labute approximate surface area is 155 Å². The highest BCUT2D eigenvalue weighted by Gasteiger charge is 2.08. The van der Waals surface area contributed by atoms with Crippen LogP contribution >= 0.6 is 11.3 Å². The van der Waals surface area contributed by atoms with Gasteiger partial charge in [-0.3, -0.25) is 4.98 Å². The zero-order valence-electron chi connectivity index (χ0n) is 13.8. The Morgan fingerprint density at radius 3 is 2.81 bits per heavy atom. The first kappa shape index (κ1) is 16.0. The highest BCUT2D eigenvalue weighted by molar-refractivity contribution is 7.11. The van der Waals surface area contributed by atoms with E-state index in [0.29, 0.717) is 10.6 Å². The molecule has 0 saturated carbocycles. The van der Waals surface area contributed by atoms with Gasteiger partial charge in [0.1, 0.15) is 16.6 Å². The molecule has 0 atom stereocenters. The molecule has 2 aromatic carbocycles. The lowest BCUT2D eigenvalue weighted by Gasteiger charge is -2.03. The van der Waals surface area contributed by atoms with Gasteiger partial charge in [0.25, 0.3) is 0 Å². The van der Waals surface area contributed by atoms with Gasteiger partial charge >= 0.3 is 0 Å². The summed E-state index contributed by atoms with van der Waals surface area (Å²) in [5, 5.41) is 16.4. The van der Waals surface area contributed by atoms with E-state index in [2.05, 4.69) is 21.4 Å². The molecule has 0 bridgehead atoms. The van der Waals surface area contributed by atoms with Crippen LogP contribution in [0.1, 0.15) is 5.01 Å². The molecule has 0 aliphatic heterocycles. The van der Waals surface area contributed by atoms with Crippen molar-refractivity contribution in [2.24, 2.45) is 0 Å².